The van der Waals surface area contributed by atoms with Gasteiger partial charge in [-0.3, -0.25) is 0 Å². The monoisotopic (exact) mass is 393 g/mol. The number of rotatable bonds is 5. The summed E-state index contributed by atoms with van der Waals surface area (Å²) in [4.78, 5) is 8.33. The van der Waals surface area contributed by atoms with Crippen LogP contribution in [0.25, 0.3) is 0 Å². The second kappa shape index (κ2) is 8.49. The highest BCUT2D eigenvalue weighted by molar-refractivity contribution is 7.89. The van der Waals surface area contributed by atoms with Crippen LogP contribution in [0.15, 0.2) is 47.6 Å². The van der Waals surface area contributed by atoms with E-state index in [9.17, 15) is 8.42 Å². The Bertz CT molecular complexity index is 838. The minimum atomic E-state index is -3.47. The Morgan fingerprint density at radius 3 is 2.46 bits per heavy atom. The van der Waals surface area contributed by atoms with Gasteiger partial charge in [0.05, 0.1) is 18.1 Å². The summed E-state index contributed by atoms with van der Waals surface area (Å²) in [6, 6.07) is 8.47. The summed E-state index contributed by atoms with van der Waals surface area (Å²) in [6.45, 7) is 2.07. The van der Waals surface area contributed by atoms with Crippen LogP contribution in [0.2, 0.25) is 0 Å². The van der Waals surface area contributed by atoms with Gasteiger partial charge in [-0.05, 0) is 36.0 Å². The van der Waals surface area contributed by atoms with Crippen molar-refractivity contribution in [2.75, 3.05) is 31.6 Å². The van der Waals surface area contributed by atoms with Crippen molar-refractivity contribution in [3.8, 4) is 0 Å². The molecule has 0 aliphatic carbocycles. The molecule has 0 atom stereocenters. The van der Waals surface area contributed by atoms with Gasteiger partial charge in [-0.25, -0.2) is 18.4 Å². The summed E-state index contributed by atoms with van der Waals surface area (Å²) in [6.07, 6.45) is 3.23. The van der Waals surface area contributed by atoms with Crippen molar-refractivity contribution in [3.63, 3.8) is 0 Å². The number of hydrogen-bond donors (Lipinski definition) is 2. The molecule has 0 unspecified atom stereocenters. The lowest BCUT2D eigenvalue weighted by molar-refractivity contribution is 0.0730. The second-order valence-electron chi connectivity index (χ2n) is 5.54. The highest BCUT2D eigenvalue weighted by atomic mass is 32.2. The average Bonchev–Trinajstić information content (AvgIpc) is 2.68. The fraction of sp³-hybridized carbons (Fsp3) is 0.312. The van der Waals surface area contributed by atoms with Crippen LogP contribution in [-0.4, -0.2) is 54.1 Å². The molecule has 138 valence electrons. The number of thiocarbonyl (C=S) groups is 1. The fourth-order valence-electron chi connectivity index (χ4n) is 2.41. The van der Waals surface area contributed by atoms with Crippen molar-refractivity contribution < 1.29 is 13.2 Å². The van der Waals surface area contributed by atoms with Gasteiger partial charge in [0.1, 0.15) is 0 Å². The predicted molar refractivity (Wildman–Crippen MR) is 101 cm³/mol. The second-order valence-corrected chi connectivity index (χ2v) is 7.89. The highest BCUT2D eigenvalue weighted by Crippen LogP contribution is 2.17. The summed E-state index contributed by atoms with van der Waals surface area (Å²) in [5.74, 6) is 0.414. The Balaban J connectivity index is 1.56. The maximum Gasteiger partial charge on any atom is 0.243 e. The Hall–Kier alpha value is -2.14. The summed E-state index contributed by atoms with van der Waals surface area (Å²) >= 11 is 5.19. The van der Waals surface area contributed by atoms with Crippen molar-refractivity contribution >= 4 is 33.3 Å². The van der Waals surface area contributed by atoms with Crippen molar-refractivity contribution in [1.82, 2.24) is 19.6 Å². The standard InChI is InChI=1S/C16H19N5O3S2/c22-26(23,21-8-10-24-11-9-21)14-4-2-13(3-5-14)12-19-16(25)20-15-17-6-1-7-18-15/h1-7H,8-12H2,(H2,17,18,19,20,25). The normalized spacial score (nSPS) is 15.4. The minimum Gasteiger partial charge on any atom is -0.379 e. The number of aromatic nitrogens is 2. The third-order valence-corrected chi connectivity index (χ3v) is 5.93. The molecule has 3 rings (SSSR count). The first-order chi connectivity index (χ1) is 12.6. The van der Waals surface area contributed by atoms with E-state index in [-0.39, 0.29) is 4.90 Å². The molecular weight excluding hydrogens is 374 g/mol. The van der Waals surface area contributed by atoms with Crippen LogP contribution in [0, 0.1) is 0 Å². The van der Waals surface area contributed by atoms with Crippen LogP contribution in [0.5, 0.6) is 0 Å². The lowest BCUT2D eigenvalue weighted by Crippen LogP contribution is -2.40. The Kier molecular flexibility index (Phi) is 6.09. The van der Waals surface area contributed by atoms with Crippen LogP contribution in [0.3, 0.4) is 0 Å². The molecular formula is C16H19N5O3S2. The van der Waals surface area contributed by atoms with Gasteiger partial charge in [0.15, 0.2) is 5.11 Å². The number of hydrogen-bond acceptors (Lipinski definition) is 6. The van der Waals surface area contributed by atoms with Crippen LogP contribution < -0.4 is 10.6 Å². The number of anilines is 1. The lowest BCUT2D eigenvalue weighted by atomic mass is 10.2. The van der Waals surface area contributed by atoms with Crippen LogP contribution in [-0.2, 0) is 21.3 Å². The molecule has 1 aliphatic rings. The van der Waals surface area contributed by atoms with Gasteiger partial charge in [-0.15, -0.1) is 0 Å². The molecule has 1 saturated heterocycles. The summed E-state index contributed by atoms with van der Waals surface area (Å²) in [5, 5.41) is 6.30. The van der Waals surface area contributed by atoms with E-state index < -0.39 is 10.0 Å². The Labute approximate surface area is 157 Å². The first kappa shape index (κ1) is 18.6. The molecule has 1 aliphatic heterocycles. The largest absolute Gasteiger partial charge is 0.379 e. The smallest absolute Gasteiger partial charge is 0.243 e. The maximum absolute atomic E-state index is 12.6. The first-order valence-corrected chi connectivity index (χ1v) is 9.89. The summed E-state index contributed by atoms with van der Waals surface area (Å²) in [5.41, 5.74) is 0.907. The van der Waals surface area contributed by atoms with E-state index in [1.807, 2.05) is 0 Å². The zero-order valence-electron chi connectivity index (χ0n) is 14.0. The molecule has 0 amide bonds. The van der Waals surface area contributed by atoms with Crippen molar-refractivity contribution in [1.29, 1.82) is 0 Å². The van der Waals surface area contributed by atoms with E-state index in [1.165, 1.54) is 4.31 Å². The average molecular weight is 393 g/mol. The zero-order valence-corrected chi connectivity index (χ0v) is 15.6. The van der Waals surface area contributed by atoms with E-state index >= 15 is 0 Å². The van der Waals surface area contributed by atoms with Gasteiger partial charge in [0, 0.05) is 32.0 Å². The maximum atomic E-state index is 12.6. The molecule has 8 nitrogen and oxygen atoms in total. The molecule has 10 heteroatoms. The van der Waals surface area contributed by atoms with Gasteiger partial charge in [0.2, 0.25) is 16.0 Å². The molecule has 1 fully saturated rings. The topological polar surface area (TPSA) is 96.5 Å². The Morgan fingerprint density at radius 1 is 1.15 bits per heavy atom. The van der Waals surface area contributed by atoms with E-state index in [0.29, 0.717) is 43.9 Å². The molecule has 0 saturated carbocycles. The molecule has 2 aromatic rings. The molecule has 26 heavy (non-hydrogen) atoms. The molecule has 2 N–H and O–H groups in total. The van der Waals surface area contributed by atoms with Crippen LogP contribution >= 0.6 is 12.2 Å². The number of benzene rings is 1. The Morgan fingerprint density at radius 2 is 1.81 bits per heavy atom. The van der Waals surface area contributed by atoms with Gasteiger partial charge in [-0.2, -0.15) is 4.31 Å². The number of morpholine rings is 1. The quantitative estimate of drug-likeness (QED) is 0.726. The third-order valence-electron chi connectivity index (χ3n) is 3.78. The molecule has 0 bridgehead atoms. The fourth-order valence-corrected chi connectivity index (χ4v) is 3.98. The van der Waals surface area contributed by atoms with E-state index in [4.69, 9.17) is 17.0 Å². The van der Waals surface area contributed by atoms with Crippen LogP contribution in [0.1, 0.15) is 5.56 Å². The molecule has 0 radical (unpaired) electrons. The lowest BCUT2D eigenvalue weighted by Gasteiger charge is -2.26. The van der Waals surface area contributed by atoms with Crippen molar-refractivity contribution in [2.24, 2.45) is 0 Å². The number of sulfonamides is 1. The van der Waals surface area contributed by atoms with Crippen molar-refractivity contribution in [2.45, 2.75) is 11.4 Å². The predicted octanol–water partition coefficient (Wildman–Crippen LogP) is 0.984. The SMILES string of the molecule is O=S(=O)(c1ccc(CNC(=S)Nc2ncccn2)cc1)N1CCOCC1. The van der Waals surface area contributed by atoms with Gasteiger partial charge in [-0.1, -0.05) is 12.1 Å². The molecule has 0 spiro atoms. The summed E-state index contributed by atoms with van der Waals surface area (Å²) in [7, 11) is -3.47. The number of nitrogens with one attached hydrogen (secondary N) is 2. The van der Waals surface area contributed by atoms with Gasteiger partial charge >= 0.3 is 0 Å². The van der Waals surface area contributed by atoms with Gasteiger partial charge < -0.3 is 15.4 Å². The van der Waals surface area contributed by atoms with Crippen molar-refractivity contribution in [3.05, 3.63) is 48.3 Å². The molecule has 1 aromatic heterocycles. The molecule has 2 heterocycles. The third kappa shape index (κ3) is 4.73. The van der Waals surface area contributed by atoms with E-state index in [1.54, 1.807) is 42.7 Å². The van der Waals surface area contributed by atoms with E-state index in [0.717, 1.165) is 5.56 Å². The van der Waals surface area contributed by atoms with Gasteiger partial charge in [0.25, 0.3) is 0 Å². The van der Waals surface area contributed by atoms with E-state index in [2.05, 4.69) is 20.6 Å². The zero-order chi connectivity index (χ0) is 18.4. The number of nitrogens with zero attached hydrogens (tertiary/aromatic N) is 3. The molecule has 1 aromatic carbocycles. The summed E-state index contributed by atoms with van der Waals surface area (Å²) < 4.78 is 31.8. The first-order valence-electron chi connectivity index (χ1n) is 8.04. The minimum absolute atomic E-state index is 0.279. The van der Waals surface area contributed by atoms with Crippen LogP contribution in [0.4, 0.5) is 5.95 Å². The highest BCUT2D eigenvalue weighted by Gasteiger charge is 2.25. The number of ether oxygens (including phenoxy) is 1.